The van der Waals surface area contributed by atoms with E-state index in [9.17, 15) is 9.59 Å². The number of nitrogens with zero attached hydrogens (tertiary/aromatic N) is 1. The van der Waals surface area contributed by atoms with Gasteiger partial charge >= 0.3 is 12.0 Å². The molecular formula is C14H12IN3O3. The van der Waals surface area contributed by atoms with E-state index in [-0.39, 0.29) is 12.5 Å². The Kier molecular flexibility index (Phi) is 5.09. The van der Waals surface area contributed by atoms with Crippen LogP contribution in [0.2, 0.25) is 0 Å². The van der Waals surface area contributed by atoms with Crippen molar-refractivity contribution >= 4 is 46.0 Å². The van der Waals surface area contributed by atoms with Gasteiger partial charge in [0.05, 0.1) is 29.7 Å². The van der Waals surface area contributed by atoms with Crippen LogP contribution in [0.1, 0.15) is 5.69 Å². The molecule has 108 valence electrons. The SMILES string of the molecule is O=C(O)Cc1ccc(NC(=O)Nc2ccccc2I)cn1. The zero-order chi connectivity index (χ0) is 15.2. The Bertz CT molecular complexity index is 659. The number of rotatable bonds is 4. The highest BCUT2D eigenvalue weighted by Crippen LogP contribution is 2.17. The number of carboxylic acids is 1. The van der Waals surface area contributed by atoms with Crippen molar-refractivity contribution in [1.29, 1.82) is 0 Å². The molecule has 7 heteroatoms. The summed E-state index contributed by atoms with van der Waals surface area (Å²) in [5.41, 5.74) is 1.64. The summed E-state index contributed by atoms with van der Waals surface area (Å²) in [6.45, 7) is 0. The van der Waals surface area contributed by atoms with Crippen LogP contribution >= 0.6 is 22.6 Å². The first-order valence-corrected chi connectivity index (χ1v) is 7.12. The number of para-hydroxylation sites is 1. The van der Waals surface area contributed by atoms with E-state index < -0.39 is 5.97 Å². The smallest absolute Gasteiger partial charge is 0.323 e. The third kappa shape index (κ3) is 4.71. The number of carbonyl (C=O) groups excluding carboxylic acids is 1. The quantitative estimate of drug-likeness (QED) is 0.692. The number of carboxylic acid groups (broad SMARTS) is 1. The highest BCUT2D eigenvalue weighted by Gasteiger charge is 2.06. The predicted octanol–water partition coefficient (Wildman–Crippen LogP) is 2.96. The molecule has 3 N–H and O–H groups in total. The molecule has 6 nitrogen and oxygen atoms in total. The Labute approximate surface area is 134 Å². The minimum absolute atomic E-state index is 0.144. The van der Waals surface area contributed by atoms with Gasteiger partial charge in [0.15, 0.2) is 0 Å². The molecule has 0 radical (unpaired) electrons. The van der Waals surface area contributed by atoms with E-state index in [2.05, 4.69) is 38.2 Å². The van der Waals surface area contributed by atoms with Crippen LogP contribution in [-0.2, 0) is 11.2 Å². The second kappa shape index (κ2) is 7.02. The lowest BCUT2D eigenvalue weighted by atomic mass is 10.2. The van der Waals surface area contributed by atoms with Crippen LogP contribution in [0, 0.1) is 3.57 Å². The zero-order valence-corrected chi connectivity index (χ0v) is 13.0. The molecule has 2 rings (SSSR count). The molecule has 0 aliphatic rings. The van der Waals surface area contributed by atoms with Crippen LogP contribution in [0.5, 0.6) is 0 Å². The molecule has 0 spiro atoms. The van der Waals surface area contributed by atoms with Gasteiger partial charge < -0.3 is 15.7 Å². The van der Waals surface area contributed by atoms with Crippen molar-refractivity contribution < 1.29 is 14.7 Å². The van der Waals surface area contributed by atoms with Crippen molar-refractivity contribution in [1.82, 2.24) is 4.98 Å². The lowest BCUT2D eigenvalue weighted by Gasteiger charge is -2.09. The van der Waals surface area contributed by atoms with Crippen LogP contribution < -0.4 is 10.6 Å². The first-order chi connectivity index (χ1) is 10.0. The number of urea groups is 1. The van der Waals surface area contributed by atoms with Crippen LogP contribution in [0.15, 0.2) is 42.6 Å². The number of amides is 2. The van der Waals surface area contributed by atoms with Crippen molar-refractivity contribution in [2.75, 3.05) is 10.6 Å². The largest absolute Gasteiger partial charge is 0.481 e. The first-order valence-electron chi connectivity index (χ1n) is 6.04. The number of halogens is 1. The molecule has 0 unspecified atom stereocenters. The summed E-state index contributed by atoms with van der Waals surface area (Å²) < 4.78 is 0.931. The maximum absolute atomic E-state index is 11.8. The minimum Gasteiger partial charge on any atom is -0.481 e. The number of aliphatic carboxylic acids is 1. The van der Waals surface area contributed by atoms with E-state index in [1.54, 1.807) is 18.2 Å². The van der Waals surface area contributed by atoms with Gasteiger partial charge in [-0.25, -0.2) is 4.79 Å². The van der Waals surface area contributed by atoms with Gasteiger partial charge in [0.2, 0.25) is 0 Å². The van der Waals surface area contributed by atoms with Gasteiger partial charge in [-0.15, -0.1) is 0 Å². The van der Waals surface area contributed by atoms with Crippen LogP contribution in [0.4, 0.5) is 16.2 Å². The summed E-state index contributed by atoms with van der Waals surface area (Å²) >= 11 is 2.13. The van der Waals surface area contributed by atoms with E-state index in [1.807, 2.05) is 18.2 Å². The van der Waals surface area contributed by atoms with Crippen molar-refractivity contribution in [3.05, 3.63) is 51.9 Å². The summed E-state index contributed by atoms with van der Waals surface area (Å²) in [6.07, 6.45) is 1.28. The molecule has 0 aliphatic carbocycles. The average molecular weight is 397 g/mol. The molecule has 2 aromatic rings. The number of aromatic nitrogens is 1. The number of anilines is 2. The van der Waals surface area contributed by atoms with E-state index in [0.29, 0.717) is 17.1 Å². The third-order valence-corrected chi connectivity index (χ3v) is 3.48. The number of hydrogen-bond acceptors (Lipinski definition) is 3. The predicted molar refractivity (Wildman–Crippen MR) is 87.4 cm³/mol. The molecule has 2 amide bonds. The fraction of sp³-hybridized carbons (Fsp3) is 0.0714. The Morgan fingerprint density at radius 2 is 1.90 bits per heavy atom. The summed E-state index contributed by atoms with van der Waals surface area (Å²) in [4.78, 5) is 26.4. The molecule has 1 aromatic carbocycles. The van der Waals surface area contributed by atoms with Crippen LogP contribution in [0.25, 0.3) is 0 Å². The Morgan fingerprint density at radius 3 is 2.52 bits per heavy atom. The number of carbonyl (C=O) groups is 2. The fourth-order valence-electron chi connectivity index (χ4n) is 1.61. The minimum atomic E-state index is -0.945. The average Bonchev–Trinajstić information content (AvgIpc) is 2.43. The summed E-state index contributed by atoms with van der Waals surface area (Å²) in [5, 5.41) is 14.0. The Morgan fingerprint density at radius 1 is 1.14 bits per heavy atom. The molecule has 0 fully saturated rings. The Hall–Kier alpha value is -2.16. The van der Waals surface area contributed by atoms with Crippen molar-refractivity contribution in [2.45, 2.75) is 6.42 Å². The molecule has 0 bridgehead atoms. The monoisotopic (exact) mass is 397 g/mol. The van der Waals surface area contributed by atoms with E-state index in [0.717, 1.165) is 3.57 Å². The van der Waals surface area contributed by atoms with Gasteiger partial charge in [0.25, 0.3) is 0 Å². The lowest BCUT2D eigenvalue weighted by Crippen LogP contribution is -2.20. The summed E-state index contributed by atoms with van der Waals surface area (Å²) in [5.74, 6) is -0.945. The van der Waals surface area contributed by atoms with Gasteiger partial charge in [-0.1, -0.05) is 12.1 Å². The van der Waals surface area contributed by atoms with Crippen molar-refractivity contribution in [3.8, 4) is 0 Å². The topological polar surface area (TPSA) is 91.3 Å². The highest BCUT2D eigenvalue weighted by atomic mass is 127. The number of benzene rings is 1. The van der Waals surface area contributed by atoms with E-state index in [4.69, 9.17) is 5.11 Å². The van der Waals surface area contributed by atoms with Crippen LogP contribution in [-0.4, -0.2) is 22.1 Å². The fourth-order valence-corrected chi connectivity index (χ4v) is 2.13. The second-order valence-corrected chi connectivity index (χ2v) is 5.33. The normalized spacial score (nSPS) is 9.95. The zero-order valence-electron chi connectivity index (χ0n) is 10.8. The molecule has 21 heavy (non-hydrogen) atoms. The maximum Gasteiger partial charge on any atom is 0.323 e. The molecular weight excluding hydrogens is 385 g/mol. The Balaban J connectivity index is 1.96. The lowest BCUT2D eigenvalue weighted by molar-refractivity contribution is -0.136. The first kappa shape index (κ1) is 15.2. The van der Waals surface area contributed by atoms with Gasteiger partial charge in [0.1, 0.15) is 0 Å². The second-order valence-electron chi connectivity index (χ2n) is 4.17. The highest BCUT2D eigenvalue weighted by molar-refractivity contribution is 14.1. The maximum atomic E-state index is 11.8. The number of pyridine rings is 1. The van der Waals surface area contributed by atoms with Crippen molar-refractivity contribution in [3.63, 3.8) is 0 Å². The number of hydrogen-bond donors (Lipinski definition) is 3. The van der Waals surface area contributed by atoms with Crippen LogP contribution in [0.3, 0.4) is 0 Å². The van der Waals surface area contributed by atoms with Gasteiger partial charge in [-0.05, 0) is 46.9 Å². The summed E-state index contributed by atoms with van der Waals surface area (Å²) in [7, 11) is 0. The number of nitrogens with one attached hydrogen (secondary N) is 2. The molecule has 0 saturated heterocycles. The van der Waals surface area contributed by atoms with E-state index in [1.165, 1.54) is 6.20 Å². The molecule has 1 heterocycles. The van der Waals surface area contributed by atoms with Gasteiger partial charge in [0, 0.05) is 3.57 Å². The summed E-state index contributed by atoms with van der Waals surface area (Å²) in [6, 6.07) is 10.2. The third-order valence-electron chi connectivity index (χ3n) is 2.54. The molecule has 0 aliphatic heterocycles. The molecule has 0 atom stereocenters. The molecule has 1 aromatic heterocycles. The van der Waals surface area contributed by atoms with Crippen molar-refractivity contribution in [2.24, 2.45) is 0 Å². The van der Waals surface area contributed by atoms with E-state index >= 15 is 0 Å². The van der Waals surface area contributed by atoms with Gasteiger partial charge in [-0.2, -0.15) is 0 Å². The standard InChI is InChI=1S/C14H12IN3O3/c15-11-3-1-2-4-12(11)18-14(21)17-10-6-5-9(16-8-10)7-13(19)20/h1-6,8H,7H2,(H,19,20)(H2,17,18,21). The van der Waals surface area contributed by atoms with Gasteiger partial charge in [-0.3, -0.25) is 9.78 Å². The molecule has 0 saturated carbocycles.